The van der Waals surface area contributed by atoms with Crippen LogP contribution in [0.15, 0.2) is 42.5 Å². The molecule has 0 saturated carbocycles. The van der Waals surface area contributed by atoms with Crippen molar-refractivity contribution in [2.24, 2.45) is 0 Å². The number of rotatable bonds is 11. The maximum Gasteiger partial charge on any atom is 0.261 e. The molecule has 7 nitrogen and oxygen atoms in total. The Morgan fingerprint density at radius 1 is 0.897 bits per heavy atom. The van der Waals surface area contributed by atoms with Gasteiger partial charge in [-0.1, -0.05) is 6.07 Å². The van der Waals surface area contributed by atoms with Crippen LogP contribution in [0.25, 0.3) is 0 Å². The number of amides is 1. The van der Waals surface area contributed by atoms with Crippen molar-refractivity contribution >= 4 is 5.91 Å². The van der Waals surface area contributed by atoms with Crippen LogP contribution in [-0.4, -0.2) is 46.6 Å². The van der Waals surface area contributed by atoms with Crippen LogP contribution in [0.3, 0.4) is 0 Å². The van der Waals surface area contributed by atoms with E-state index in [1.54, 1.807) is 52.5 Å². The van der Waals surface area contributed by atoms with Crippen molar-refractivity contribution in [1.29, 1.82) is 0 Å². The Morgan fingerprint density at radius 2 is 1.59 bits per heavy atom. The lowest BCUT2D eigenvalue weighted by Gasteiger charge is -2.20. The Bertz CT molecular complexity index is 777. The van der Waals surface area contributed by atoms with Crippen molar-refractivity contribution in [3.05, 3.63) is 48.0 Å². The normalized spacial score (nSPS) is 12.6. The fraction of sp³-hybridized carbons (Fsp3) is 0.409. The topological polar surface area (TPSA) is 75.3 Å². The Morgan fingerprint density at radius 3 is 2.21 bits per heavy atom. The zero-order chi connectivity index (χ0) is 21.2. The minimum Gasteiger partial charge on any atom is -0.497 e. The summed E-state index contributed by atoms with van der Waals surface area (Å²) in [6.07, 6.45) is -0.649. The lowest BCUT2D eigenvalue weighted by molar-refractivity contribution is -0.127. The van der Waals surface area contributed by atoms with E-state index in [9.17, 15) is 4.79 Å². The summed E-state index contributed by atoms with van der Waals surface area (Å²) < 4.78 is 26.9. The third-order valence-electron chi connectivity index (χ3n) is 4.33. The molecule has 29 heavy (non-hydrogen) atoms. The first kappa shape index (κ1) is 22.4. The van der Waals surface area contributed by atoms with Crippen LogP contribution in [0.5, 0.6) is 23.0 Å². The molecule has 0 aromatic heterocycles. The smallest absolute Gasteiger partial charge is 0.261 e. The van der Waals surface area contributed by atoms with Gasteiger partial charge in [0, 0.05) is 7.11 Å². The summed E-state index contributed by atoms with van der Waals surface area (Å²) in [5.74, 6) is 2.34. The van der Waals surface area contributed by atoms with Gasteiger partial charge in [0.05, 0.1) is 26.9 Å². The molecule has 0 radical (unpaired) electrons. The maximum atomic E-state index is 12.5. The number of methoxy groups -OCH3 is 3. The van der Waals surface area contributed by atoms with E-state index >= 15 is 0 Å². The van der Waals surface area contributed by atoms with Crippen LogP contribution in [0, 0.1) is 0 Å². The minimum absolute atomic E-state index is 0.215. The van der Waals surface area contributed by atoms with E-state index in [-0.39, 0.29) is 11.9 Å². The summed E-state index contributed by atoms with van der Waals surface area (Å²) in [5, 5.41) is 2.96. The predicted molar refractivity (Wildman–Crippen MR) is 110 cm³/mol. The lowest BCUT2D eigenvalue weighted by Crippen LogP contribution is -2.37. The van der Waals surface area contributed by atoms with Crippen LogP contribution in [0.2, 0.25) is 0 Å². The van der Waals surface area contributed by atoms with Gasteiger partial charge in [-0.2, -0.15) is 0 Å². The van der Waals surface area contributed by atoms with Crippen molar-refractivity contribution in [2.45, 2.75) is 26.0 Å². The second-order valence-electron chi connectivity index (χ2n) is 6.42. The SMILES string of the molecule is COCCOc1ccc(C(C)NC(=O)C(C)Oc2ccc(OC)cc2)cc1OC. The molecule has 2 rings (SSSR count). The van der Waals surface area contributed by atoms with E-state index < -0.39 is 6.10 Å². The molecule has 0 saturated heterocycles. The van der Waals surface area contributed by atoms with Crippen LogP contribution in [0.4, 0.5) is 0 Å². The first-order valence-electron chi connectivity index (χ1n) is 9.39. The van der Waals surface area contributed by atoms with Gasteiger partial charge in [0.15, 0.2) is 17.6 Å². The first-order chi connectivity index (χ1) is 14.0. The quantitative estimate of drug-likeness (QED) is 0.580. The second kappa shape index (κ2) is 11.2. The Balaban J connectivity index is 1.96. The Labute approximate surface area is 171 Å². The average molecular weight is 403 g/mol. The molecule has 0 spiro atoms. The monoisotopic (exact) mass is 403 g/mol. The molecule has 2 unspecified atom stereocenters. The molecule has 0 aliphatic rings. The molecular weight excluding hydrogens is 374 g/mol. The molecule has 0 aliphatic carbocycles. The average Bonchev–Trinajstić information content (AvgIpc) is 2.74. The second-order valence-corrected chi connectivity index (χ2v) is 6.42. The van der Waals surface area contributed by atoms with E-state index in [1.807, 2.05) is 25.1 Å². The summed E-state index contributed by atoms with van der Waals surface area (Å²) >= 11 is 0. The highest BCUT2D eigenvalue weighted by atomic mass is 16.5. The molecule has 1 amide bonds. The van der Waals surface area contributed by atoms with Gasteiger partial charge in [0.1, 0.15) is 18.1 Å². The van der Waals surface area contributed by atoms with E-state index in [0.717, 1.165) is 11.3 Å². The number of hydrogen-bond donors (Lipinski definition) is 1. The molecule has 2 atom stereocenters. The molecule has 0 aliphatic heterocycles. The van der Waals surface area contributed by atoms with Gasteiger partial charge in [0.25, 0.3) is 5.91 Å². The van der Waals surface area contributed by atoms with Gasteiger partial charge in [0.2, 0.25) is 0 Å². The van der Waals surface area contributed by atoms with E-state index in [4.69, 9.17) is 23.7 Å². The fourth-order valence-electron chi connectivity index (χ4n) is 2.63. The van der Waals surface area contributed by atoms with Gasteiger partial charge in [-0.3, -0.25) is 4.79 Å². The van der Waals surface area contributed by atoms with Crippen LogP contribution in [0.1, 0.15) is 25.5 Å². The summed E-state index contributed by atoms with van der Waals surface area (Å²) in [7, 11) is 4.80. The number of carbonyl (C=O) groups excluding carboxylic acids is 1. The maximum absolute atomic E-state index is 12.5. The number of hydrogen-bond acceptors (Lipinski definition) is 6. The third-order valence-corrected chi connectivity index (χ3v) is 4.33. The molecule has 0 fully saturated rings. The van der Waals surface area contributed by atoms with Gasteiger partial charge < -0.3 is 29.0 Å². The highest BCUT2D eigenvalue weighted by Crippen LogP contribution is 2.30. The molecule has 2 aromatic carbocycles. The van der Waals surface area contributed by atoms with Crippen molar-refractivity contribution in [1.82, 2.24) is 5.32 Å². The Hall–Kier alpha value is -2.93. The third kappa shape index (κ3) is 6.57. The van der Waals surface area contributed by atoms with E-state index in [1.165, 1.54) is 0 Å². The number of nitrogens with one attached hydrogen (secondary N) is 1. The highest BCUT2D eigenvalue weighted by molar-refractivity contribution is 5.81. The molecular formula is C22H29NO6. The number of benzene rings is 2. The summed E-state index contributed by atoms with van der Waals surface area (Å²) in [6.45, 7) is 4.53. The van der Waals surface area contributed by atoms with E-state index in [2.05, 4.69) is 5.32 Å². The predicted octanol–water partition coefficient (Wildman–Crippen LogP) is 3.37. The van der Waals surface area contributed by atoms with Crippen molar-refractivity contribution in [3.63, 3.8) is 0 Å². The molecule has 0 bridgehead atoms. The van der Waals surface area contributed by atoms with Gasteiger partial charge in [-0.25, -0.2) is 0 Å². The zero-order valence-corrected chi connectivity index (χ0v) is 17.6. The van der Waals surface area contributed by atoms with E-state index in [0.29, 0.717) is 30.5 Å². The minimum atomic E-state index is -0.649. The van der Waals surface area contributed by atoms with Crippen LogP contribution < -0.4 is 24.3 Å². The summed E-state index contributed by atoms with van der Waals surface area (Å²) in [5.41, 5.74) is 0.894. The van der Waals surface area contributed by atoms with Gasteiger partial charge in [-0.05, 0) is 55.8 Å². The lowest BCUT2D eigenvalue weighted by atomic mass is 10.1. The molecule has 1 N–H and O–H groups in total. The standard InChI is InChI=1S/C22H29NO6/c1-15(17-6-11-20(21(14-17)27-5)28-13-12-25-3)23-22(24)16(2)29-19-9-7-18(26-4)8-10-19/h6-11,14-16H,12-13H2,1-5H3,(H,23,24). The van der Waals surface area contributed by atoms with Crippen molar-refractivity contribution in [3.8, 4) is 23.0 Å². The van der Waals surface area contributed by atoms with Crippen LogP contribution >= 0.6 is 0 Å². The van der Waals surface area contributed by atoms with Crippen molar-refractivity contribution in [2.75, 3.05) is 34.5 Å². The fourth-order valence-corrected chi connectivity index (χ4v) is 2.63. The van der Waals surface area contributed by atoms with Gasteiger partial charge >= 0.3 is 0 Å². The van der Waals surface area contributed by atoms with Crippen molar-refractivity contribution < 1.29 is 28.5 Å². The zero-order valence-electron chi connectivity index (χ0n) is 17.6. The molecule has 2 aromatic rings. The first-order valence-corrected chi connectivity index (χ1v) is 9.39. The number of carbonyl (C=O) groups is 1. The molecule has 158 valence electrons. The summed E-state index contributed by atoms with van der Waals surface area (Å²) in [6, 6.07) is 12.4. The molecule has 7 heteroatoms. The summed E-state index contributed by atoms with van der Waals surface area (Å²) in [4.78, 5) is 12.5. The molecule has 0 heterocycles. The van der Waals surface area contributed by atoms with Crippen LogP contribution in [-0.2, 0) is 9.53 Å². The largest absolute Gasteiger partial charge is 0.497 e. The number of ether oxygens (including phenoxy) is 5. The Kier molecular flexibility index (Phi) is 8.61. The van der Waals surface area contributed by atoms with Gasteiger partial charge in [-0.15, -0.1) is 0 Å². The highest BCUT2D eigenvalue weighted by Gasteiger charge is 2.19.